The van der Waals surface area contributed by atoms with Crippen molar-refractivity contribution in [2.24, 2.45) is 10.9 Å². The Morgan fingerprint density at radius 2 is 1.92 bits per heavy atom. The molecule has 2 heterocycles. The number of nitrogens with zero attached hydrogens (tertiary/aromatic N) is 4. The lowest BCUT2D eigenvalue weighted by Crippen LogP contribution is -2.51. The lowest BCUT2D eigenvalue weighted by atomic mass is 9.99. The molecule has 0 spiro atoms. The zero-order valence-corrected chi connectivity index (χ0v) is 16.7. The maximum atomic E-state index is 5.01. The molecule has 3 rings (SSSR count). The summed E-state index contributed by atoms with van der Waals surface area (Å²) in [5.74, 6) is 1.83. The molecular weight excluding hydrogens is 322 g/mol. The van der Waals surface area contributed by atoms with Gasteiger partial charge in [0.25, 0.3) is 0 Å². The smallest absolute Gasteiger partial charge is 0.193 e. The normalized spacial score (nSPS) is 25.7. The average molecular weight is 358 g/mol. The number of nitrogens with one attached hydrogen (secondary N) is 1. The number of rotatable bonds is 5. The summed E-state index contributed by atoms with van der Waals surface area (Å²) in [6.07, 6.45) is 2.43. The molecule has 5 nitrogen and oxygen atoms in total. The average Bonchev–Trinajstić information content (AvgIpc) is 3.10. The van der Waals surface area contributed by atoms with Crippen molar-refractivity contribution in [3.63, 3.8) is 0 Å². The predicted octanol–water partition coefficient (Wildman–Crippen LogP) is 1.76. The maximum Gasteiger partial charge on any atom is 0.193 e. The molecule has 26 heavy (non-hydrogen) atoms. The highest BCUT2D eigenvalue weighted by Crippen LogP contribution is 2.21. The Hall–Kier alpha value is -1.59. The van der Waals surface area contributed by atoms with E-state index in [-0.39, 0.29) is 0 Å². The van der Waals surface area contributed by atoms with Gasteiger partial charge in [0.1, 0.15) is 0 Å². The third kappa shape index (κ3) is 5.21. The van der Waals surface area contributed by atoms with Gasteiger partial charge in [-0.05, 0) is 45.3 Å². The molecule has 0 saturated carbocycles. The Morgan fingerprint density at radius 1 is 1.12 bits per heavy atom. The maximum absolute atomic E-state index is 5.01. The molecule has 0 radical (unpaired) electrons. The van der Waals surface area contributed by atoms with Crippen LogP contribution >= 0.6 is 0 Å². The summed E-state index contributed by atoms with van der Waals surface area (Å²) in [6, 6.07) is 11.4. The molecule has 1 aromatic carbocycles. The molecule has 0 aliphatic carbocycles. The van der Waals surface area contributed by atoms with Crippen molar-refractivity contribution in [2.75, 3.05) is 59.9 Å². The van der Waals surface area contributed by atoms with Crippen LogP contribution in [0.4, 0.5) is 0 Å². The lowest BCUT2D eigenvalue weighted by Gasteiger charge is -2.37. The molecule has 2 aliphatic heterocycles. The first-order valence-electron chi connectivity index (χ1n) is 10.1. The fraction of sp³-hybridized carbons (Fsp3) is 0.667. The minimum atomic E-state index is 0.519. The summed E-state index contributed by atoms with van der Waals surface area (Å²) < 4.78 is 0. The van der Waals surface area contributed by atoms with Crippen LogP contribution in [0.3, 0.4) is 0 Å². The van der Waals surface area contributed by atoms with Gasteiger partial charge in [-0.25, -0.2) is 0 Å². The van der Waals surface area contributed by atoms with Crippen molar-refractivity contribution in [3.05, 3.63) is 35.9 Å². The van der Waals surface area contributed by atoms with Crippen LogP contribution in [0, 0.1) is 5.92 Å². The lowest BCUT2D eigenvalue weighted by molar-refractivity contribution is 0.119. The molecule has 2 fully saturated rings. The van der Waals surface area contributed by atoms with Gasteiger partial charge in [0.05, 0.1) is 6.54 Å². The Bertz CT molecular complexity index is 573. The van der Waals surface area contributed by atoms with E-state index >= 15 is 0 Å². The SMILES string of the molecule is CCNC(=NCC1CN(C)CCN1C)N1CCC(Cc2ccccc2)C1. The zero-order valence-electron chi connectivity index (χ0n) is 16.7. The molecule has 1 N–H and O–H groups in total. The highest BCUT2D eigenvalue weighted by Gasteiger charge is 2.26. The van der Waals surface area contributed by atoms with E-state index in [1.54, 1.807) is 0 Å². The molecule has 1 aromatic rings. The van der Waals surface area contributed by atoms with E-state index in [0.717, 1.165) is 57.7 Å². The number of likely N-dealkylation sites (N-methyl/N-ethyl adjacent to an activating group) is 2. The molecule has 2 aliphatic rings. The number of aliphatic imine (C=N–C) groups is 1. The second kappa shape index (κ2) is 9.38. The monoisotopic (exact) mass is 357 g/mol. The molecule has 5 heteroatoms. The number of benzene rings is 1. The minimum Gasteiger partial charge on any atom is -0.357 e. The number of hydrogen-bond acceptors (Lipinski definition) is 3. The van der Waals surface area contributed by atoms with E-state index in [2.05, 4.69) is 71.4 Å². The molecule has 144 valence electrons. The summed E-state index contributed by atoms with van der Waals surface area (Å²) in [5.41, 5.74) is 1.45. The Balaban J connectivity index is 1.57. The topological polar surface area (TPSA) is 34.1 Å². The number of piperazine rings is 1. The summed E-state index contributed by atoms with van der Waals surface area (Å²) in [6.45, 7) is 9.59. The minimum absolute atomic E-state index is 0.519. The fourth-order valence-electron chi connectivity index (χ4n) is 4.06. The van der Waals surface area contributed by atoms with Crippen molar-refractivity contribution < 1.29 is 0 Å². The second-order valence-electron chi connectivity index (χ2n) is 7.88. The van der Waals surface area contributed by atoms with Crippen molar-refractivity contribution in [1.29, 1.82) is 0 Å². The van der Waals surface area contributed by atoms with Crippen LogP contribution in [0.5, 0.6) is 0 Å². The Morgan fingerprint density at radius 3 is 2.69 bits per heavy atom. The van der Waals surface area contributed by atoms with Gasteiger partial charge in [-0.2, -0.15) is 0 Å². The van der Waals surface area contributed by atoms with E-state index in [0.29, 0.717) is 6.04 Å². The molecule has 0 bridgehead atoms. The van der Waals surface area contributed by atoms with Crippen LogP contribution in [0.2, 0.25) is 0 Å². The number of likely N-dealkylation sites (tertiary alicyclic amines) is 1. The van der Waals surface area contributed by atoms with Gasteiger partial charge in [0.2, 0.25) is 0 Å². The molecule has 2 unspecified atom stereocenters. The van der Waals surface area contributed by atoms with Crippen molar-refractivity contribution in [2.45, 2.75) is 25.8 Å². The highest BCUT2D eigenvalue weighted by atomic mass is 15.3. The van der Waals surface area contributed by atoms with Gasteiger partial charge in [0.15, 0.2) is 5.96 Å². The van der Waals surface area contributed by atoms with Crippen LogP contribution in [0.15, 0.2) is 35.3 Å². The molecule has 0 aromatic heterocycles. The first-order valence-corrected chi connectivity index (χ1v) is 10.1. The Kier molecular flexibility index (Phi) is 6.92. The largest absolute Gasteiger partial charge is 0.357 e. The number of hydrogen-bond donors (Lipinski definition) is 1. The van der Waals surface area contributed by atoms with E-state index in [9.17, 15) is 0 Å². The van der Waals surface area contributed by atoms with Crippen LogP contribution in [-0.4, -0.2) is 86.6 Å². The predicted molar refractivity (Wildman–Crippen MR) is 110 cm³/mol. The summed E-state index contributed by atoms with van der Waals surface area (Å²) in [5, 5.41) is 3.52. The molecular formula is C21H35N5. The van der Waals surface area contributed by atoms with Crippen LogP contribution in [0.1, 0.15) is 18.9 Å². The van der Waals surface area contributed by atoms with Gasteiger partial charge < -0.3 is 15.1 Å². The summed E-state index contributed by atoms with van der Waals surface area (Å²) in [4.78, 5) is 12.3. The fourth-order valence-corrected chi connectivity index (χ4v) is 4.06. The standard InChI is InChI=1S/C21H35N5/c1-4-22-21(23-15-20-17-24(2)12-13-25(20)3)26-11-10-19(16-26)14-18-8-6-5-7-9-18/h5-9,19-20H,4,10-17H2,1-3H3,(H,22,23). The van der Waals surface area contributed by atoms with Gasteiger partial charge in [0, 0.05) is 45.3 Å². The molecule has 2 atom stereocenters. The van der Waals surface area contributed by atoms with Crippen LogP contribution < -0.4 is 5.32 Å². The van der Waals surface area contributed by atoms with E-state index in [1.165, 1.54) is 18.4 Å². The van der Waals surface area contributed by atoms with Gasteiger partial charge >= 0.3 is 0 Å². The van der Waals surface area contributed by atoms with Gasteiger partial charge in [-0.3, -0.25) is 9.89 Å². The van der Waals surface area contributed by atoms with Crippen molar-refractivity contribution in [3.8, 4) is 0 Å². The van der Waals surface area contributed by atoms with Crippen LogP contribution in [-0.2, 0) is 6.42 Å². The first kappa shape index (κ1) is 19.2. The van der Waals surface area contributed by atoms with Crippen molar-refractivity contribution >= 4 is 5.96 Å². The second-order valence-corrected chi connectivity index (χ2v) is 7.88. The zero-order chi connectivity index (χ0) is 18.4. The summed E-state index contributed by atoms with van der Waals surface area (Å²) >= 11 is 0. The number of guanidine groups is 1. The third-order valence-electron chi connectivity index (χ3n) is 5.72. The van der Waals surface area contributed by atoms with E-state index in [1.807, 2.05) is 0 Å². The van der Waals surface area contributed by atoms with Gasteiger partial charge in [-0.1, -0.05) is 30.3 Å². The Labute approximate surface area is 159 Å². The van der Waals surface area contributed by atoms with Crippen LogP contribution in [0.25, 0.3) is 0 Å². The van der Waals surface area contributed by atoms with Crippen molar-refractivity contribution in [1.82, 2.24) is 20.0 Å². The first-order chi connectivity index (χ1) is 12.7. The third-order valence-corrected chi connectivity index (χ3v) is 5.72. The molecule has 2 saturated heterocycles. The van der Waals surface area contributed by atoms with E-state index in [4.69, 9.17) is 4.99 Å². The quantitative estimate of drug-likeness (QED) is 0.643. The van der Waals surface area contributed by atoms with E-state index < -0.39 is 0 Å². The molecule has 0 amide bonds. The highest BCUT2D eigenvalue weighted by molar-refractivity contribution is 5.80. The van der Waals surface area contributed by atoms with Gasteiger partial charge in [-0.15, -0.1) is 0 Å². The summed E-state index contributed by atoms with van der Waals surface area (Å²) in [7, 11) is 4.44.